The molecular formula is C15H20FNO3. The molecule has 1 fully saturated rings. The largest absolute Gasteiger partial charge is 0.494 e. The third-order valence-corrected chi connectivity index (χ3v) is 4.23. The van der Waals surface area contributed by atoms with Crippen LogP contribution < -0.4 is 4.74 Å². The van der Waals surface area contributed by atoms with E-state index in [-0.39, 0.29) is 5.75 Å². The number of carboxylic acids is 1. The molecule has 0 amide bonds. The number of rotatable bonds is 5. The molecule has 0 aliphatic carbocycles. The van der Waals surface area contributed by atoms with E-state index in [2.05, 4.69) is 0 Å². The fraction of sp³-hybridized carbons (Fsp3) is 0.533. The van der Waals surface area contributed by atoms with Crippen molar-refractivity contribution in [3.63, 3.8) is 0 Å². The maximum atomic E-state index is 14.2. The summed E-state index contributed by atoms with van der Waals surface area (Å²) < 4.78 is 19.2. The highest BCUT2D eigenvalue weighted by Gasteiger charge is 2.46. The Bertz CT molecular complexity index is 506. The van der Waals surface area contributed by atoms with Crippen molar-refractivity contribution >= 4 is 5.97 Å². The molecule has 2 rings (SSSR count). The Morgan fingerprint density at radius 3 is 2.90 bits per heavy atom. The van der Waals surface area contributed by atoms with Gasteiger partial charge in [0.15, 0.2) is 11.6 Å². The minimum absolute atomic E-state index is 0.194. The van der Waals surface area contributed by atoms with Crippen molar-refractivity contribution in [1.82, 2.24) is 4.90 Å². The van der Waals surface area contributed by atoms with E-state index < -0.39 is 17.3 Å². The summed E-state index contributed by atoms with van der Waals surface area (Å²) in [6, 6.07) is 4.97. The minimum atomic E-state index is -0.866. The first-order chi connectivity index (χ1) is 9.55. The van der Waals surface area contributed by atoms with Crippen LogP contribution in [0.1, 0.15) is 31.7 Å². The van der Waals surface area contributed by atoms with Crippen molar-refractivity contribution in [2.75, 3.05) is 13.7 Å². The monoisotopic (exact) mass is 281 g/mol. The van der Waals surface area contributed by atoms with Gasteiger partial charge < -0.3 is 9.84 Å². The van der Waals surface area contributed by atoms with Crippen LogP contribution in [0.2, 0.25) is 0 Å². The molecule has 20 heavy (non-hydrogen) atoms. The second-order valence-corrected chi connectivity index (χ2v) is 5.15. The van der Waals surface area contributed by atoms with Crippen LogP contribution in [0.3, 0.4) is 0 Å². The standard InChI is InChI=1S/C15H20FNO3/c1-3-15(14(18)19)8-5-9-17(15)10-11-6-4-7-12(20-2)13(11)16/h4,6-7H,3,5,8-10H2,1-2H3,(H,18,19). The highest BCUT2D eigenvalue weighted by atomic mass is 19.1. The lowest BCUT2D eigenvalue weighted by Gasteiger charge is -2.34. The zero-order valence-corrected chi connectivity index (χ0v) is 11.9. The Hall–Kier alpha value is -1.62. The highest BCUT2D eigenvalue weighted by Crippen LogP contribution is 2.35. The molecule has 0 bridgehead atoms. The van der Waals surface area contributed by atoms with Crippen molar-refractivity contribution < 1.29 is 19.0 Å². The number of aliphatic carboxylic acids is 1. The van der Waals surface area contributed by atoms with E-state index in [4.69, 9.17) is 4.74 Å². The van der Waals surface area contributed by atoms with Crippen LogP contribution in [0.4, 0.5) is 4.39 Å². The van der Waals surface area contributed by atoms with E-state index in [0.29, 0.717) is 31.5 Å². The smallest absolute Gasteiger partial charge is 0.324 e. The summed E-state index contributed by atoms with van der Waals surface area (Å²) in [6.45, 7) is 2.84. The number of halogens is 1. The SMILES string of the molecule is CCC1(C(=O)O)CCCN1Cc1cccc(OC)c1F. The fourth-order valence-electron chi connectivity index (χ4n) is 3.00. The van der Waals surface area contributed by atoms with Gasteiger partial charge in [-0.05, 0) is 31.9 Å². The first-order valence-corrected chi connectivity index (χ1v) is 6.85. The van der Waals surface area contributed by atoms with Gasteiger partial charge in [-0.25, -0.2) is 4.39 Å². The maximum Gasteiger partial charge on any atom is 0.324 e. The molecule has 1 heterocycles. The van der Waals surface area contributed by atoms with E-state index in [1.807, 2.05) is 11.8 Å². The summed E-state index contributed by atoms with van der Waals surface area (Å²) in [4.78, 5) is 13.5. The second kappa shape index (κ2) is 5.79. The third kappa shape index (κ3) is 2.38. The number of carboxylic acid groups (broad SMARTS) is 1. The van der Waals surface area contributed by atoms with Gasteiger partial charge >= 0.3 is 5.97 Å². The van der Waals surface area contributed by atoms with Crippen molar-refractivity contribution in [1.29, 1.82) is 0 Å². The van der Waals surface area contributed by atoms with Crippen molar-refractivity contribution in [3.05, 3.63) is 29.6 Å². The minimum Gasteiger partial charge on any atom is -0.494 e. The molecule has 1 aliphatic heterocycles. The van der Waals surface area contributed by atoms with Crippen LogP contribution >= 0.6 is 0 Å². The number of ether oxygens (including phenoxy) is 1. The molecule has 1 aromatic carbocycles. The van der Waals surface area contributed by atoms with Crippen LogP contribution in [0.15, 0.2) is 18.2 Å². The van der Waals surface area contributed by atoms with Gasteiger partial charge in [0.25, 0.3) is 0 Å². The topological polar surface area (TPSA) is 49.8 Å². The van der Waals surface area contributed by atoms with Gasteiger partial charge in [-0.3, -0.25) is 9.69 Å². The first-order valence-electron chi connectivity index (χ1n) is 6.85. The van der Waals surface area contributed by atoms with Gasteiger partial charge in [0, 0.05) is 12.1 Å². The number of nitrogens with zero attached hydrogens (tertiary/aromatic N) is 1. The molecule has 0 aromatic heterocycles. The Morgan fingerprint density at radius 1 is 1.55 bits per heavy atom. The molecule has 4 nitrogen and oxygen atoms in total. The Kier molecular flexibility index (Phi) is 4.28. The molecule has 0 radical (unpaired) electrons. The van der Waals surface area contributed by atoms with Gasteiger partial charge in [0.1, 0.15) is 5.54 Å². The molecule has 0 spiro atoms. The van der Waals surface area contributed by atoms with Gasteiger partial charge in [0.2, 0.25) is 0 Å². The Morgan fingerprint density at radius 2 is 2.30 bits per heavy atom. The second-order valence-electron chi connectivity index (χ2n) is 5.15. The maximum absolute atomic E-state index is 14.2. The number of likely N-dealkylation sites (tertiary alicyclic amines) is 1. The van der Waals surface area contributed by atoms with Crippen LogP contribution in [-0.2, 0) is 11.3 Å². The molecule has 5 heteroatoms. The van der Waals surface area contributed by atoms with E-state index in [9.17, 15) is 14.3 Å². The van der Waals surface area contributed by atoms with Crippen molar-refractivity contribution in [2.24, 2.45) is 0 Å². The number of carbonyl (C=O) groups is 1. The van der Waals surface area contributed by atoms with Crippen LogP contribution in [0.25, 0.3) is 0 Å². The first kappa shape index (κ1) is 14.8. The molecule has 1 atom stereocenters. The number of methoxy groups -OCH3 is 1. The molecule has 1 aliphatic rings. The fourth-order valence-corrected chi connectivity index (χ4v) is 3.00. The summed E-state index contributed by atoms with van der Waals surface area (Å²) in [5.74, 6) is -1.03. The highest BCUT2D eigenvalue weighted by molar-refractivity contribution is 5.79. The van der Waals surface area contributed by atoms with Gasteiger partial charge in [-0.2, -0.15) is 0 Å². The van der Waals surface area contributed by atoms with Gasteiger partial charge in [-0.1, -0.05) is 19.1 Å². The van der Waals surface area contributed by atoms with Crippen LogP contribution in [0.5, 0.6) is 5.75 Å². The predicted octanol–water partition coefficient (Wildman–Crippen LogP) is 2.66. The van der Waals surface area contributed by atoms with E-state index >= 15 is 0 Å². The van der Waals surface area contributed by atoms with Gasteiger partial charge in [0.05, 0.1) is 7.11 Å². The zero-order chi connectivity index (χ0) is 14.8. The summed E-state index contributed by atoms with van der Waals surface area (Å²) in [5.41, 5.74) is -0.388. The predicted molar refractivity (Wildman–Crippen MR) is 73.3 cm³/mol. The van der Waals surface area contributed by atoms with Gasteiger partial charge in [-0.15, -0.1) is 0 Å². The number of hydrogen-bond donors (Lipinski definition) is 1. The van der Waals surface area contributed by atoms with E-state index in [0.717, 1.165) is 6.42 Å². The summed E-state index contributed by atoms with van der Waals surface area (Å²) >= 11 is 0. The van der Waals surface area contributed by atoms with Crippen LogP contribution in [0, 0.1) is 5.82 Å². The molecule has 1 unspecified atom stereocenters. The van der Waals surface area contributed by atoms with Crippen LogP contribution in [-0.4, -0.2) is 35.2 Å². The molecule has 0 saturated carbocycles. The molecule has 110 valence electrons. The van der Waals surface area contributed by atoms with E-state index in [1.54, 1.807) is 18.2 Å². The normalized spacial score (nSPS) is 22.9. The summed E-state index contributed by atoms with van der Waals surface area (Å²) in [5, 5.41) is 9.52. The lowest BCUT2D eigenvalue weighted by Crippen LogP contribution is -2.49. The molecule has 1 N–H and O–H groups in total. The summed E-state index contributed by atoms with van der Waals surface area (Å²) in [7, 11) is 1.42. The average Bonchev–Trinajstić information content (AvgIpc) is 2.85. The van der Waals surface area contributed by atoms with E-state index in [1.165, 1.54) is 7.11 Å². The zero-order valence-electron chi connectivity index (χ0n) is 11.9. The lowest BCUT2D eigenvalue weighted by molar-refractivity contribution is -0.150. The van der Waals surface area contributed by atoms with Crippen molar-refractivity contribution in [3.8, 4) is 5.75 Å². The van der Waals surface area contributed by atoms with Crippen molar-refractivity contribution in [2.45, 2.75) is 38.3 Å². The lowest BCUT2D eigenvalue weighted by atomic mass is 9.92. The Balaban J connectivity index is 2.27. The summed E-state index contributed by atoms with van der Waals surface area (Å²) in [6.07, 6.45) is 1.96. The average molecular weight is 281 g/mol. The molecule has 1 saturated heterocycles. The molecular weight excluding hydrogens is 261 g/mol. The third-order valence-electron chi connectivity index (χ3n) is 4.23. The number of hydrogen-bond acceptors (Lipinski definition) is 3. The quantitative estimate of drug-likeness (QED) is 0.901. The number of benzene rings is 1. The Labute approximate surface area is 118 Å². The molecule has 1 aromatic rings.